The highest BCUT2D eigenvalue weighted by atomic mass is 16.5. The highest BCUT2D eigenvalue weighted by Gasteiger charge is 2.21. The summed E-state index contributed by atoms with van der Waals surface area (Å²) in [5, 5.41) is 0. The summed E-state index contributed by atoms with van der Waals surface area (Å²) in [6.45, 7) is 6.40. The molecule has 0 bridgehead atoms. The Morgan fingerprint density at radius 3 is 2.24 bits per heavy atom. The monoisotopic (exact) mass is 290 g/mol. The Kier molecular flexibility index (Phi) is 8.80. The predicted octanol–water partition coefficient (Wildman–Crippen LogP) is 5.33. The topological polar surface area (TPSA) is 26.3 Å². The van der Waals surface area contributed by atoms with Crippen LogP contribution >= 0.6 is 0 Å². The van der Waals surface area contributed by atoms with E-state index in [0.717, 1.165) is 11.7 Å². The fourth-order valence-electron chi connectivity index (χ4n) is 3.03. The van der Waals surface area contributed by atoms with Crippen LogP contribution < -0.4 is 4.74 Å². The van der Waals surface area contributed by atoms with Crippen molar-refractivity contribution in [2.24, 2.45) is 5.92 Å². The molecule has 0 aliphatic heterocycles. The number of benzene rings is 1. The van der Waals surface area contributed by atoms with Crippen molar-refractivity contribution < 1.29 is 9.53 Å². The molecule has 0 aromatic heterocycles. The van der Waals surface area contributed by atoms with E-state index < -0.39 is 0 Å². The van der Waals surface area contributed by atoms with Gasteiger partial charge >= 0.3 is 0 Å². The van der Waals surface area contributed by atoms with E-state index in [4.69, 9.17) is 9.53 Å². The lowest BCUT2D eigenvalue weighted by molar-refractivity contribution is -0.0979. The van der Waals surface area contributed by atoms with E-state index in [1.165, 1.54) is 56.9 Å². The summed E-state index contributed by atoms with van der Waals surface area (Å²) >= 11 is 0. The zero-order valence-corrected chi connectivity index (χ0v) is 13.6. The van der Waals surface area contributed by atoms with Crippen LogP contribution in [0, 0.1) is 12.8 Å². The van der Waals surface area contributed by atoms with E-state index in [1.54, 1.807) is 0 Å². The third-order valence-corrected chi connectivity index (χ3v) is 4.33. The molecule has 2 heteroatoms. The maximum atomic E-state index is 8.00. The standard InChI is InChI=1S/C18H28O.CH2O/c1-3-4-5-6-16-9-13-18(14-10-16)19-17-11-7-15(2)8-12-17;1-2/h7-8,11-12,16,18H,3-6,9-10,13-14H2,1-2H3;1H2. The first-order valence-electron chi connectivity index (χ1n) is 8.30. The molecule has 0 saturated heterocycles. The number of aryl methyl sites for hydroxylation is 1. The van der Waals surface area contributed by atoms with Gasteiger partial charge < -0.3 is 9.53 Å². The lowest BCUT2D eigenvalue weighted by Crippen LogP contribution is -2.24. The van der Waals surface area contributed by atoms with Crippen molar-refractivity contribution in [3.8, 4) is 5.75 Å². The summed E-state index contributed by atoms with van der Waals surface area (Å²) in [4.78, 5) is 8.00. The van der Waals surface area contributed by atoms with Gasteiger partial charge in [0.05, 0.1) is 6.10 Å². The average Bonchev–Trinajstić information content (AvgIpc) is 2.53. The van der Waals surface area contributed by atoms with Gasteiger partial charge in [-0.1, -0.05) is 50.3 Å². The van der Waals surface area contributed by atoms with E-state index in [0.29, 0.717) is 6.10 Å². The molecule has 1 saturated carbocycles. The highest BCUT2D eigenvalue weighted by molar-refractivity contribution is 5.26. The first kappa shape index (κ1) is 17.7. The normalized spacial score (nSPS) is 21.2. The first-order chi connectivity index (χ1) is 10.3. The van der Waals surface area contributed by atoms with Gasteiger partial charge in [-0.25, -0.2) is 0 Å². The molecule has 0 amide bonds. The van der Waals surface area contributed by atoms with Crippen molar-refractivity contribution in [2.45, 2.75) is 71.3 Å². The Bertz CT molecular complexity index is 364. The predicted molar refractivity (Wildman–Crippen MR) is 88.8 cm³/mol. The summed E-state index contributed by atoms with van der Waals surface area (Å²) in [6.07, 6.45) is 11.3. The van der Waals surface area contributed by atoms with Crippen LogP contribution in [0.2, 0.25) is 0 Å². The van der Waals surface area contributed by atoms with Gasteiger partial charge in [0.25, 0.3) is 0 Å². The molecule has 1 aromatic carbocycles. The Labute approximate surface area is 129 Å². The number of rotatable bonds is 6. The summed E-state index contributed by atoms with van der Waals surface area (Å²) in [6, 6.07) is 8.46. The molecule has 2 rings (SSSR count). The summed E-state index contributed by atoms with van der Waals surface area (Å²) in [7, 11) is 0. The van der Waals surface area contributed by atoms with Gasteiger partial charge in [0, 0.05) is 0 Å². The second-order valence-corrected chi connectivity index (χ2v) is 6.07. The summed E-state index contributed by atoms with van der Waals surface area (Å²) in [5.41, 5.74) is 1.30. The maximum absolute atomic E-state index is 8.00. The van der Waals surface area contributed by atoms with Crippen molar-refractivity contribution in [1.82, 2.24) is 0 Å². The molecule has 21 heavy (non-hydrogen) atoms. The fraction of sp³-hybridized carbons (Fsp3) is 0.632. The number of unbranched alkanes of at least 4 members (excludes halogenated alkanes) is 2. The molecule has 2 nitrogen and oxygen atoms in total. The van der Waals surface area contributed by atoms with Crippen LogP contribution in [0.5, 0.6) is 5.75 Å². The lowest BCUT2D eigenvalue weighted by atomic mass is 9.84. The second kappa shape index (κ2) is 10.4. The van der Waals surface area contributed by atoms with Crippen LogP contribution in [0.3, 0.4) is 0 Å². The van der Waals surface area contributed by atoms with Crippen LogP contribution in [-0.4, -0.2) is 12.9 Å². The molecule has 0 spiro atoms. The minimum Gasteiger partial charge on any atom is -0.490 e. The molecule has 1 aliphatic carbocycles. The molecule has 1 aromatic rings. The van der Waals surface area contributed by atoms with Crippen LogP contribution in [0.1, 0.15) is 63.9 Å². The van der Waals surface area contributed by atoms with Crippen LogP contribution in [0.4, 0.5) is 0 Å². The SMILES string of the molecule is C=O.CCCCCC1CCC(Oc2ccc(C)cc2)CC1. The third-order valence-electron chi connectivity index (χ3n) is 4.33. The molecule has 0 unspecified atom stereocenters. The van der Waals surface area contributed by atoms with E-state index in [1.807, 2.05) is 6.79 Å². The average molecular weight is 290 g/mol. The molecule has 0 heterocycles. The van der Waals surface area contributed by atoms with E-state index in [2.05, 4.69) is 38.1 Å². The minimum absolute atomic E-state index is 0.449. The number of hydrogen-bond donors (Lipinski definition) is 0. The zero-order chi connectivity index (χ0) is 15.5. The van der Waals surface area contributed by atoms with Gasteiger partial charge in [0.1, 0.15) is 12.5 Å². The maximum Gasteiger partial charge on any atom is 0.119 e. The molecular formula is C19H30O2. The van der Waals surface area contributed by atoms with E-state index in [-0.39, 0.29) is 0 Å². The van der Waals surface area contributed by atoms with Gasteiger partial charge in [0.15, 0.2) is 0 Å². The van der Waals surface area contributed by atoms with Gasteiger partial charge in [-0.2, -0.15) is 0 Å². The fourth-order valence-corrected chi connectivity index (χ4v) is 3.03. The molecule has 1 aliphatic rings. The zero-order valence-electron chi connectivity index (χ0n) is 13.6. The van der Waals surface area contributed by atoms with Crippen molar-refractivity contribution >= 4 is 6.79 Å². The highest BCUT2D eigenvalue weighted by Crippen LogP contribution is 2.30. The Morgan fingerprint density at radius 2 is 1.67 bits per heavy atom. The van der Waals surface area contributed by atoms with Gasteiger partial charge in [-0.3, -0.25) is 0 Å². The number of hydrogen-bond acceptors (Lipinski definition) is 2. The first-order valence-corrected chi connectivity index (χ1v) is 8.30. The Morgan fingerprint density at radius 1 is 1.05 bits per heavy atom. The van der Waals surface area contributed by atoms with Crippen molar-refractivity contribution in [1.29, 1.82) is 0 Å². The molecule has 0 atom stereocenters. The molecular weight excluding hydrogens is 260 g/mol. The number of carbonyl (C=O) groups is 1. The van der Waals surface area contributed by atoms with Crippen LogP contribution in [0.25, 0.3) is 0 Å². The van der Waals surface area contributed by atoms with Gasteiger partial charge in [-0.15, -0.1) is 0 Å². The number of carbonyl (C=O) groups excluding carboxylic acids is 1. The van der Waals surface area contributed by atoms with Gasteiger partial charge in [-0.05, 0) is 50.7 Å². The van der Waals surface area contributed by atoms with E-state index >= 15 is 0 Å². The van der Waals surface area contributed by atoms with Crippen molar-refractivity contribution in [3.63, 3.8) is 0 Å². The molecule has 0 N–H and O–H groups in total. The quantitative estimate of drug-likeness (QED) is 0.662. The molecule has 0 radical (unpaired) electrons. The van der Waals surface area contributed by atoms with Crippen molar-refractivity contribution in [2.75, 3.05) is 0 Å². The third kappa shape index (κ3) is 6.79. The smallest absolute Gasteiger partial charge is 0.119 e. The summed E-state index contributed by atoms with van der Waals surface area (Å²) < 4.78 is 6.08. The van der Waals surface area contributed by atoms with Crippen molar-refractivity contribution in [3.05, 3.63) is 29.8 Å². The lowest BCUT2D eigenvalue weighted by Gasteiger charge is -2.29. The second-order valence-electron chi connectivity index (χ2n) is 6.07. The largest absolute Gasteiger partial charge is 0.490 e. The van der Waals surface area contributed by atoms with E-state index in [9.17, 15) is 0 Å². The Balaban J connectivity index is 0.00000106. The Hall–Kier alpha value is -1.31. The van der Waals surface area contributed by atoms with Crippen LogP contribution in [0.15, 0.2) is 24.3 Å². The minimum atomic E-state index is 0.449. The number of ether oxygens (including phenoxy) is 1. The van der Waals surface area contributed by atoms with Crippen LogP contribution in [-0.2, 0) is 4.79 Å². The van der Waals surface area contributed by atoms with Gasteiger partial charge in [0.2, 0.25) is 0 Å². The molecule has 1 fully saturated rings. The molecule has 118 valence electrons. The summed E-state index contributed by atoms with van der Waals surface area (Å²) in [5.74, 6) is 2.00.